The molecule has 0 radical (unpaired) electrons. The summed E-state index contributed by atoms with van der Waals surface area (Å²) < 4.78 is 56.0. The van der Waals surface area contributed by atoms with Crippen molar-refractivity contribution in [3.8, 4) is 11.5 Å². The van der Waals surface area contributed by atoms with Crippen LogP contribution in [0.1, 0.15) is 5.69 Å². The van der Waals surface area contributed by atoms with Gasteiger partial charge in [-0.1, -0.05) is 17.7 Å². The smallest absolute Gasteiger partial charge is 0.226 e. The van der Waals surface area contributed by atoms with E-state index in [1.54, 1.807) is 24.3 Å². The highest BCUT2D eigenvalue weighted by atomic mass is 35.5. The van der Waals surface area contributed by atoms with Crippen LogP contribution in [0.3, 0.4) is 0 Å². The first kappa shape index (κ1) is 16.6. The summed E-state index contributed by atoms with van der Waals surface area (Å²) in [6, 6.07) is 9.14. The van der Waals surface area contributed by atoms with Gasteiger partial charge in [-0.2, -0.15) is 0 Å². The number of rotatable bonds is 4. The minimum atomic E-state index is -3.88. The summed E-state index contributed by atoms with van der Waals surface area (Å²) in [5, 5.41) is 0.488. The summed E-state index contributed by atoms with van der Waals surface area (Å²) >= 11 is 5.88. The van der Waals surface area contributed by atoms with Crippen molar-refractivity contribution in [2.24, 2.45) is 0 Å². The van der Waals surface area contributed by atoms with Crippen molar-refractivity contribution in [3.05, 3.63) is 71.1 Å². The van der Waals surface area contributed by atoms with E-state index < -0.39 is 27.2 Å². The zero-order chi connectivity index (χ0) is 17.3. The molecular weight excluding hydrogens is 360 g/mol. The fourth-order valence-corrected chi connectivity index (χ4v) is 3.51. The van der Waals surface area contributed by atoms with Crippen molar-refractivity contribution in [2.75, 3.05) is 0 Å². The van der Waals surface area contributed by atoms with E-state index in [0.717, 1.165) is 12.1 Å². The van der Waals surface area contributed by atoms with Crippen LogP contribution in [0.4, 0.5) is 8.78 Å². The number of oxazole rings is 1. The molecule has 0 saturated heterocycles. The van der Waals surface area contributed by atoms with Crippen LogP contribution >= 0.6 is 11.6 Å². The predicted molar refractivity (Wildman–Crippen MR) is 84.2 cm³/mol. The monoisotopic (exact) mass is 369 g/mol. The maximum atomic E-state index is 13.2. The van der Waals surface area contributed by atoms with Crippen LogP contribution in [0.25, 0.3) is 11.5 Å². The van der Waals surface area contributed by atoms with Crippen molar-refractivity contribution >= 4 is 21.4 Å². The van der Waals surface area contributed by atoms with E-state index in [0.29, 0.717) is 16.7 Å². The number of hydrogen-bond acceptors (Lipinski definition) is 4. The molecule has 3 rings (SSSR count). The van der Waals surface area contributed by atoms with Gasteiger partial charge >= 0.3 is 0 Å². The van der Waals surface area contributed by atoms with Gasteiger partial charge in [0, 0.05) is 10.6 Å². The molecule has 0 bridgehead atoms. The van der Waals surface area contributed by atoms with Crippen molar-refractivity contribution in [1.29, 1.82) is 0 Å². The number of nitrogens with zero attached hydrogens (tertiary/aromatic N) is 1. The minimum Gasteiger partial charge on any atom is -0.444 e. The van der Waals surface area contributed by atoms with Crippen molar-refractivity contribution in [1.82, 2.24) is 4.98 Å². The number of aromatic nitrogens is 1. The first-order valence-corrected chi connectivity index (χ1v) is 8.76. The van der Waals surface area contributed by atoms with E-state index in [9.17, 15) is 17.2 Å². The lowest BCUT2D eigenvalue weighted by Crippen LogP contribution is -2.06. The summed E-state index contributed by atoms with van der Waals surface area (Å²) in [7, 11) is -3.88. The molecule has 24 heavy (non-hydrogen) atoms. The van der Waals surface area contributed by atoms with Gasteiger partial charge in [0.2, 0.25) is 5.89 Å². The molecule has 1 aromatic heterocycles. The second-order valence-corrected chi connectivity index (χ2v) is 7.42. The second kappa shape index (κ2) is 6.33. The van der Waals surface area contributed by atoms with Crippen LogP contribution < -0.4 is 0 Å². The Kier molecular flexibility index (Phi) is 4.38. The molecule has 124 valence electrons. The van der Waals surface area contributed by atoms with Gasteiger partial charge in [-0.25, -0.2) is 22.2 Å². The van der Waals surface area contributed by atoms with Crippen molar-refractivity contribution < 1.29 is 21.6 Å². The number of hydrogen-bond donors (Lipinski definition) is 0. The number of benzene rings is 2. The molecule has 4 nitrogen and oxygen atoms in total. The normalized spacial score (nSPS) is 11.6. The van der Waals surface area contributed by atoms with Gasteiger partial charge < -0.3 is 4.42 Å². The lowest BCUT2D eigenvalue weighted by Gasteiger charge is -2.02. The maximum absolute atomic E-state index is 13.2. The molecule has 0 aliphatic heterocycles. The lowest BCUT2D eigenvalue weighted by molar-refractivity contribution is 0.504. The van der Waals surface area contributed by atoms with E-state index in [-0.39, 0.29) is 16.5 Å². The molecule has 0 aliphatic carbocycles. The highest BCUT2D eigenvalue weighted by Crippen LogP contribution is 2.24. The zero-order valence-corrected chi connectivity index (χ0v) is 13.6. The minimum absolute atomic E-state index is 0.148. The summed E-state index contributed by atoms with van der Waals surface area (Å²) in [6.45, 7) is 0. The molecule has 8 heteroatoms. The molecular formula is C16H10ClF2NO3S. The highest BCUT2D eigenvalue weighted by Gasteiger charge is 2.20. The first-order chi connectivity index (χ1) is 11.3. The van der Waals surface area contributed by atoms with Crippen LogP contribution in [0.5, 0.6) is 0 Å². The van der Waals surface area contributed by atoms with E-state index in [2.05, 4.69) is 4.98 Å². The second-order valence-electron chi connectivity index (χ2n) is 4.99. The molecule has 0 atom stereocenters. The van der Waals surface area contributed by atoms with Gasteiger partial charge in [-0.15, -0.1) is 0 Å². The van der Waals surface area contributed by atoms with Crippen molar-refractivity contribution in [2.45, 2.75) is 10.6 Å². The topological polar surface area (TPSA) is 60.2 Å². The molecule has 3 aromatic rings. The quantitative estimate of drug-likeness (QED) is 0.645. The third-order valence-corrected chi connectivity index (χ3v) is 5.09. The van der Waals surface area contributed by atoms with Crippen LogP contribution in [0.15, 0.2) is 58.0 Å². The van der Waals surface area contributed by atoms with E-state index in [4.69, 9.17) is 16.0 Å². The molecule has 2 aromatic carbocycles. The van der Waals surface area contributed by atoms with E-state index in [1.807, 2.05) is 0 Å². The Balaban J connectivity index is 1.87. The van der Waals surface area contributed by atoms with E-state index in [1.165, 1.54) is 6.26 Å². The summed E-state index contributed by atoms with van der Waals surface area (Å²) in [6.07, 6.45) is 1.20. The molecule has 0 saturated carbocycles. The Morgan fingerprint density at radius 3 is 2.58 bits per heavy atom. The van der Waals surface area contributed by atoms with Crippen LogP contribution in [-0.4, -0.2) is 13.4 Å². The van der Waals surface area contributed by atoms with Crippen LogP contribution in [0, 0.1) is 11.6 Å². The average Bonchev–Trinajstić information content (AvgIpc) is 2.97. The Bertz CT molecular complexity index is 1000. The molecule has 0 N–H and O–H groups in total. The van der Waals surface area contributed by atoms with E-state index >= 15 is 0 Å². The summed E-state index contributed by atoms with van der Waals surface area (Å²) in [5.41, 5.74) is 0.744. The van der Waals surface area contributed by atoms with Gasteiger partial charge in [0.1, 0.15) is 12.0 Å². The highest BCUT2D eigenvalue weighted by molar-refractivity contribution is 7.90. The molecule has 0 spiro atoms. The van der Waals surface area contributed by atoms with Crippen LogP contribution in [-0.2, 0) is 15.6 Å². The largest absolute Gasteiger partial charge is 0.444 e. The molecule has 0 amide bonds. The average molecular weight is 370 g/mol. The number of sulfone groups is 1. The van der Waals surface area contributed by atoms with Gasteiger partial charge in [0.15, 0.2) is 21.5 Å². The standard InChI is InChI=1S/C16H10ClF2NO3S/c17-11-3-1-2-10(6-11)16-20-12(8-23-16)9-24(21,22)13-4-5-14(18)15(19)7-13/h1-8H,9H2. The predicted octanol–water partition coefficient (Wildman–Crippen LogP) is 4.25. The molecule has 0 fully saturated rings. The van der Waals surface area contributed by atoms with Gasteiger partial charge in [0.25, 0.3) is 0 Å². The van der Waals surface area contributed by atoms with Gasteiger partial charge in [-0.05, 0) is 36.4 Å². The Labute approximate surface area is 141 Å². The molecule has 0 unspecified atom stereocenters. The third-order valence-electron chi connectivity index (χ3n) is 3.21. The molecule has 0 aliphatic rings. The summed E-state index contributed by atoms with van der Waals surface area (Å²) in [4.78, 5) is 3.77. The van der Waals surface area contributed by atoms with Crippen LogP contribution in [0.2, 0.25) is 5.02 Å². The molecule has 1 heterocycles. The number of halogens is 3. The summed E-state index contributed by atoms with van der Waals surface area (Å²) in [5.74, 6) is -2.62. The Hall–Kier alpha value is -2.25. The SMILES string of the molecule is O=S(=O)(Cc1coc(-c2cccc(Cl)c2)n1)c1ccc(F)c(F)c1. The van der Waals surface area contributed by atoms with Crippen molar-refractivity contribution in [3.63, 3.8) is 0 Å². The Morgan fingerprint density at radius 1 is 1.08 bits per heavy atom. The van der Waals surface area contributed by atoms with Gasteiger partial charge in [0.05, 0.1) is 10.6 Å². The lowest BCUT2D eigenvalue weighted by atomic mass is 10.2. The Morgan fingerprint density at radius 2 is 1.88 bits per heavy atom. The van der Waals surface area contributed by atoms with Gasteiger partial charge in [-0.3, -0.25) is 0 Å². The fraction of sp³-hybridized carbons (Fsp3) is 0.0625. The fourth-order valence-electron chi connectivity index (χ4n) is 2.08. The first-order valence-electron chi connectivity index (χ1n) is 6.73. The zero-order valence-electron chi connectivity index (χ0n) is 12.0. The third kappa shape index (κ3) is 3.47. The maximum Gasteiger partial charge on any atom is 0.226 e.